The summed E-state index contributed by atoms with van der Waals surface area (Å²) >= 11 is 1.52. The maximum atomic E-state index is 5.26. The molecule has 0 bridgehead atoms. The Balaban J connectivity index is 2.93. The van der Waals surface area contributed by atoms with Crippen LogP contribution in [0.3, 0.4) is 0 Å². The smallest absolute Gasteiger partial charge is 0.135 e. The molecule has 0 aromatic carbocycles. The van der Waals surface area contributed by atoms with Crippen molar-refractivity contribution in [2.75, 3.05) is 7.11 Å². The highest BCUT2D eigenvalue weighted by atomic mass is 32.1. The zero-order chi connectivity index (χ0) is 8.97. The molecule has 1 aromatic rings. The molecule has 0 spiro atoms. The number of hydrazine groups is 1. The van der Waals surface area contributed by atoms with Crippen molar-refractivity contribution < 1.29 is 4.74 Å². The Morgan fingerprint density at radius 3 is 3.08 bits per heavy atom. The summed E-state index contributed by atoms with van der Waals surface area (Å²) in [5, 5.41) is 1.91. The molecule has 0 fully saturated rings. The minimum atomic E-state index is -0.264. The van der Waals surface area contributed by atoms with Crippen LogP contribution in [0.4, 0.5) is 0 Å². The summed E-state index contributed by atoms with van der Waals surface area (Å²) in [6.07, 6.45) is 5.26. The molecule has 0 amide bonds. The first-order chi connectivity index (χ1) is 5.83. The minimum Gasteiger partial charge on any atom is -0.495 e. The van der Waals surface area contributed by atoms with Gasteiger partial charge in [-0.15, -0.1) is 17.8 Å². The summed E-state index contributed by atoms with van der Waals surface area (Å²) in [5.41, 5.74) is 2.52. The van der Waals surface area contributed by atoms with E-state index in [1.54, 1.807) is 7.11 Å². The lowest BCUT2D eigenvalue weighted by Crippen LogP contribution is -2.26. The molecule has 0 radical (unpaired) electrons. The highest BCUT2D eigenvalue weighted by molar-refractivity contribution is 7.10. The van der Waals surface area contributed by atoms with E-state index in [2.05, 4.69) is 11.3 Å². The van der Waals surface area contributed by atoms with Gasteiger partial charge < -0.3 is 4.74 Å². The monoisotopic (exact) mass is 182 g/mol. The molecule has 0 aliphatic heterocycles. The van der Waals surface area contributed by atoms with Crippen LogP contribution >= 0.6 is 11.3 Å². The first kappa shape index (κ1) is 9.07. The highest BCUT2D eigenvalue weighted by Crippen LogP contribution is 2.29. The Kier molecular flexibility index (Phi) is 3.11. The van der Waals surface area contributed by atoms with E-state index >= 15 is 0 Å². The second-order valence-electron chi connectivity index (χ2n) is 2.12. The maximum Gasteiger partial charge on any atom is 0.135 e. The largest absolute Gasteiger partial charge is 0.495 e. The Bertz CT molecular complexity index is 289. The van der Waals surface area contributed by atoms with Crippen LogP contribution < -0.4 is 16.0 Å². The summed E-state index contributed by atoms with van der Waals surface area (Å²) in [6, 6.07) is 1.60. The number of hydrogen-bond acceptors (Lipinski definition) is 4. The zero-order valence-electron chi connectivity index (χ0n) is 6.70. The van der Waals surface area contributed by atoms with Gasteiger partial charge >= 0.3 is 0 Å². The predicted octanol–water partition coefficient (Wildman–Crippen LogP) is 0.894. The average Bonchev–Trinajstić information content (AvgIpc) is 2.55. The lowest BCUT2D eigenvalue weighted by molar-refractivity contribution is 0.409. The van der Waals surface area contributed by atoms with Crippen LogP contribution in [0.5, 0.6) is 5.75 Å². The molecule has 1 heterocycles. The third kappa shape index (κ3) is 1.59. The number of terminal acetylenes is 1. The number of methoxy groups -OCH3 is 1. The van der Waals surface area contributed by atoms with E-state index < -0.39 is 0 Å². The van der Waals surface area contributed by atoms with Crippen LogP contribution in [-0.4, -0.2) is 7.11 Å². The molecule has 64 valence electrons. The van der Waals surface area contributed by atoms with Gasteiger partial charge in [0.25, 0.3) is 0 Å². The normalized spacial score (nSPS) is 12.1. The summed E-state index contributed by atoms with van der Waals surface area (Å²) in [7, 11) is 1.61. The van der Waals surface area contributed by atoms with Gasteiger partial charge in [-0.05, 0) is 11.4 Å². The molecule has 1 rings (SSSR count). The molecule has 0 aliphatic rings. The van der Waals surface area contributed by atoms with Gasteiger partial charge in [-0.3, -0.25) is 5.84 Å². The summed E-state index contributed by atoms with van der Waals surface area (Å²) in [5.74, 6) is 8.56. The molecule has 1 atom stereocenters. The molecule has 0 aliphatic carbocycles. The van der Waals surface area contributed by atoms with Gasteiger partial charge in [-0.2, -0.15) is 0 Å². The van der Waals surface area contributed by atoms with Crippen molar-refractivity contribution in [1.29, 1.82) is 0 Å². The Hall–Kier alpha value is -1.02. The number of hydrogen-bond donors (Lipinski definition) is 2. The van der Waals surface area contributed by atoms with E-state index in [1.165, 1.54) is 11.3 Å². The highest BCUT2D eigenvalue weighted by Gasteiger charge is 2.12. The molecular weight excluding hydrogens is 172 g/mol. The van der Waals surface area contributed by atoms with Crippen molar-refractivity contribution in [2.45, 2.75) is 6.04 Å². The average molecular weight is 182 g/mol. The van der Waals surface area contributed by atoms with Crippen LogP contribution in [0.1, 0.15) is 10.9 Å². The number of thiophene rings is 1. The number of rotatable bonds is 3. The van der Waals surface area contributed by atoms with Crippen LogP contribution in [0.15, 0.2) is 11.4 Å². The zero-order valence-corrected chi connectivity index (χ0v) is 7.52. The van der Waals surface area contributed by atoms with Crippen LogP contribution in [0.2, 0.25) is 0 Å². The molecule has 4 heteroatoms. The van der Waals surface area contributed by atoms with Crippen molar-refractivity contribution in [3.8, 4) is 18.1 Å². The van der Waals surface area contributed by atoms with E-state index in [1.807, 2.05) is 11.4 Å². The van der Waals surface area contributed by atoms with Crippen molar-refractivity contribution in [3.05, 3.63) is 16.3 Å². The topological polar surface area (TPSA) is 47.3 Å². The van der Waals surface area contributed by atoms with Crippen molar-refractivity contribution in [1.82, 2.24) is 5.43 Å². The third-order valence-corrected chi connectivity index (χ3v) is 2.44. The molecular formula is C8H10N2OS. The van der Waals surface area contributed by atoms with Gasteiger partial charge in [0.15, 0.2) is 0 Å². The fourth-order valence-electron chi connectivity index (χ4n) is 0.888. The summed E-state index contributed by atoms with van der Waals surface area (Å²) in [6.45, 7) is 0. The van der Waals surface area contributed by atoms with E-state index in [4.69, 9.17) is 17.0 Å². The molecule has 1 unspecified atom stereocenters. The quantitative estimate of drug-likeness (QED) is 0.414. The molecule has 12 heavy (non-hydrogen) atoms. The van der Waals surface area contributed by atoms with Gasteiger partial charge in [0.1, 0.15) is 11.8 Å². The molecule has 3 N–H and O–H groups in total. The SMILES string of the molecule is C#CC(NN)c1sccc1OC. The van der Waals surface area contributed by atoms with Gasteiger partial charge in [0.2, 0.25) is 0 Å². The number of ether oxygens (including phenoxy) is 1. The van der Waals surface area contributed by atoms with Crippen molar-refractivity contribution >= 4 is 11.3 Å². The van der Waals surface area contributed by atoms with E-state index in [0.29, 0.717) is 0 Å². The van der Waals surface area contributed by atoms with Crippen LogP contribution in [-0.2, 0) is 0 Å². The van der Waals surface area contributed by atoms with Crippen molar-refractivity contribution in [3.63, 3.8) is 0 Å². The maximum absolute atomic E-state index is 5.26. The van der Waals surface area contributed by atoms with Gasteiger partial charge in [0, 0.05) is 0 Å². The Morgan fingerprint density at radius 2 is 2.58 bits per heavy atom. The molecule has 0 saturated heterocycles. The summed E-state index contributed by atoms with van der Waals surface area (Å²) < 4.78 is 5.09. The molecule has 1 aromatic heterocycles. The molecule has 3 nitrogen and oxygen atoms in total. The standard InChI is InChI=1S/C8H10N2OS/c1-3-6(10-9)8-7(11-2)4-5-12-8/h1,4-6,10H,9H2,2H3. The Labute approximate surface area is 75.5 Å². The molecule has 0 saturated carbocycles. The summed E-state index contributed by atoms with van der Waals surface area (Å²) in [4.78, 5) is 0.933. The first-order valence-corrected chi connectivity index (χ1v) is 4.25. The first-order valence-electron chi connectivity index (χ1n) is 3.37. The van der Waals surface area contributed by atoms with Gasteiger partial charge in [-0.1, -0.05) is 5.92 Å². The lowest BCUT2D eigenvalue weighted by atomic mass is 10.2. The van der Waals surface area contributed by atoms with E-state index in [-0.39, 0.29) is 6.04 Å². The fraction of sp³-hybridized carbons (Fsp3) is 0.250. The van der Waals surface area contributed by atoms with Crippen LogP contribution in [0, 0.1) is 12.3 Å². The lowest BCUT2D eigenvalue weighted by Gasteiger charge is -2.08. The fourth-order valence-corrected chi connectivity index (χ4v) is 1.77. The van der Waals surface area contributed by atoms with E-state index in [9.17, 15) is 0 Å². The number of nitrogens with one attached hydrogen (secondary N) is 1. The van der Waals surface area contributed by atoms with Crippen molar-refractivity contribution in [2.24, 2.45) is 5.84 Å². The second kappa shape index (κ2) is 4.12. The van der Waals surface area contributed by atoms with Gasteiger partial charge in [-0.25, -0.2) is 5.43 Å². The Morgan fingerprint density at radius 1 is 1.83 bits per heavy atom. The van der Waals surface area contributed by atoms with Gasteiger partial charge in [0.05, 0.1) is 12.0 Å². The third-order valence-electron chi connectivity index (χ3n) is 1.47. The predicted molar refractivity (Wildman–Crippen MR) is 49.8 cm³/mol. The number of nitrogens with two attached hydrogens (primary N) is 1. The second-order valence-corrected chi connectivity index (χ2v) is 3.07. The van der Waals surface area contributed by atoms with Crippen LogP contribution in [0.25, 0.3) is 0 Å². The minimum absolute atomic E-state index is 0.264. The van der Waals surface area contributed by atoms with E-state index in [0.717, 1.165) is 10.6 Å².